The first-order valence-electron chi connectivity index (χ1n) is 9.61. The number of thiophene rings is 1. The zero-order chi connectivity index (χ0) is 21.3. The minimum absolute atomic E-state index is 0.0291. The third kappa shape index (κ3) is 4.15. The quantitative estimate of drug-likeness (QED) is 0.712. The van der Waals surface area contributed by atoms with E-state index in [1.807, 2.05) is 0 Å². The van der Waals surface area contributed by atoms with Gasteiger partial charge in [-0.3, -0.25) is 4.79 Å². The molecule has 0 unspecified atom stereocenters. The largest absolute Gasteiger partial charge is 0.490 e. The molecule has 1 amide bonds. The summed E-state index contributed by atoms with van der Waals surface area (Å²) in [5, 5.41) is 3.06. The molecule has 0 saturated heterocycles. The van der Waals surface area contributed by atoms with E-state index in [1.165, 1.54) is 0 Å². The number of rotatable bonds is 4. The van der Waals surface area contributed by atoms with Gasteiger partial charge in [-0.1, -0.05) is 0 Å². The molecule has 1 aromatic heterocycles. The topological polar surface area (TPSA) is 108 Å². The SMILES string of the molecule is CCOC(=O)c1c(NC(=O)c2ccc3c(c2)OCCCO3)sc2c1CCS(=O)(=O)C2. The Balaban J connectivity index is 1.65. The lowest BCUT2D eigenvalue weighted by molar-refractivity contribution is 0.0527. The summed E-state index contributed by atoms with van der Waals surface area (Å²) in [6.07, 6.45) is 0.977. The number of benzene rings is 1. The predicted molar refractivity (Wildman–Crippen MR) is 111 cm³/mol. The van der Waals surface area contributed by atoms with Gasteiger partial charge in [0.05, 0.1) is 36.9 Å². The summed E-state index contributed by atoms with van der Waals surface area (Å²) in [7, 11) is -3.22. The van der Waals surface area contributed by atoms with E-state index in [0.717, 1.165) is 17.8 Å². The maximum atomic E-state index is 12.9. The van der Waals surface area contributed by atoms with Crippen molar-refractivity contribution >= 4 is 38.1 Å². The Morgan fingerprint density at radius 2 is 1.97 bits per heavy atom. The highest BCUT2D eigenvalue weighted by atomic mass is 32.2. The summed E-state index contributed by atoms with van der Waals surface area (Å²) in [6.45, 7) is 2.91. The van der Waals surface area contributed by atoms with Crippen LogP contribution >= 0.6 is 11.3 Å². The van der Waals surface area contributed by atoms with E-state index in [1.54, 1.807) is 25.1 Å². The molecule has 0 radical (unpaired) electrons. The van der Waals surface area contributed by atoms with E-state index in [-0.39, 0.29) is 30.1 Å². The average molecular weight is 452 g/mol. The standard InChI is InChI=1S/C20H21NO7S2/c1-2-26-20(23)17-13-6-9-30(24,25)11-16(13)29-19(17)21-18(22)12-4-5-14-15(10-12)28-8-3-7-27-14/h4-5,10H,2-3,6-9,11H2,1H3,(H,21,22). The number of anilines is 1. The lowest BCUT2D eigenvalue weighted by atomic mass is 10.1. The Labute approximate surface area is 178 Å². The molecule has 0 aliphatic carbocycles. The van der Waals surface area contributed by atoms with Gasteiger partial charge in [0.2, 0.25) is 0 Å². The van der Waals surface area contributed by atoms with Gasteiger partial charge in [-0.05, 0) is 37.1 Å². The number of hydrogen-bond acceptors (Lipinski definition) is 8. The Morgan fingerprint density at radius 3 is 2.73 bits per heavy atom. The van der Waals surface area contributed by atoms with Crippen molar-refractivity contribution in [3.8, 4) is 11.5 Å². The first-order chi connectivity index (χ1) is 14.4. The number of hydrogen-bond donors (Lipinski definition) is 1. The third-order valence-electron chi connectivity index (χ3n) is 4.82. The molecule has 0 atom stereocenters. The second-order valence-electron chi connectivity index (χ2n) is 6.94. The van der Waals surface area contributed by atoms with E-state index in [4.69, 9.17) is 14.2 Å². The van der Waals surface area contributed by atoms with Gasteiger partial charge in [-0.25, -0.2) is 13.2 Å². The molecule has 160 valence electrons. The van der Waals surface area contributed by atoms with E-state index < -0.39 is 21.7 Å². The molecule has 10 heteroatoms. The van der Waals surface area contributed by atoms with Gasteiger partial charge in [-0.15, -0.1) is 11.3 Å². The van der Waals surface area contributed by atoms with Crippen molar-refractivity contribution < 1.29 is 32.2 Å². The van der Waals surface area contributed by atoms with Gasteiger partial charge in [0, 0.05) is 16.9 Å². The second kappa shape index (κ2) is 8.27. The molecule has 1 aromatic carbocycles. The maximum Gasteiger partial charge on any atom is 0.341 e. The summed E-state index contributed by atoms with van der Waals surface area (Å²) >= 11 is 1.11. The van der Waals surface area contributed by atoms with Crippen molar-refractivity contribution in [3.63, 3.8) is 0 Å². The van der Waals surface area contributed by atoms with Crippen LogP contribution in [0, 0.1) is 0 Å². The van der Waals surface area contributed by atoms with Crippen molar-refractivity contribution in [2.75, 3.05) is 30.9 Å². The molecule has 2 aliphatic rings. The summed E-state index contributed by atoms with van der Waals surface area (Å²) in [4.78, 5) is 26.0. The smallest absolute Gasteiger partial charge is 0.341 e. The van der Waals surface area contributed by atoms with Crippen molar-refractivity contribution in [1.29, 1.82) is 0 Å². The fourth-order valence-electron chi connectivity index (χ4n) is 3.41. The van der Waals surface area contributed by atoms with Crippen LogP contribution in [0.2, 0.25) is 0 Å². The molecule has 1 N–H and O–H groups in total. The zero-order valence-electron chi connectivity index (χ0n) is 16.4. The molecule has 3 heterocycles. The number of carbonyl (C=O) groups excluding carboxylic acids is 2. The summed E-state index contributed by atoms with van der Waals surface area (Å²) in [5.41, 5.74) is 1.23. The predicted octanol–water partition coefficient (Wildman–Crippen LogP) is 2.81. The number of esters is 1. The molecule has 8 nitrogen and oxygen atoms in total. The Bertz CT molecular complexity index is 1100. The van der Waals surface area contributed by atoms with Crippen molar-refractivity contribution in [1.82, 2.24) is 0 Å². The van der Waals surface area contributed by atoms with Gasteiger partial charge in [-0.2, -0.15) is 0 Å². The number of amides is 1. The van der Waals surface area contributed by atoms with E-state index in [9.17, 15) is 18.0 Å². The highest BCUT2D eigenvalue weighted by molar-refractivity contribution is 7.90. The first kappa shape index (κ1) is 20.7. The van der Waals surface area contributed by atoms with Crippen LogP contribution in [0.4, 0.5) is 5.00 Å². The molecule has 4 rings (SSSR count). The average Bonchev–Trinajstić information content (AvgIpc) is 2.87. The van der Waals surface area contributed by atoms with Crippen LogP contribution in [0.15, 0.2) is 18.2 Å². The van der Waals surface area contributed by atoms with Crippen LogP contribution in [0.25, 0.3) is 0 Å². The number of nitrogens with one attached hydrogen (secondary N) is 1. The fourth-order valence-corrected chi connectivity index (χ4v) is 6.44. The Morgan fingerprint density at radius 1 is 1.20 bits per heavy atom. The Kier molecular flexibility index (Phi) is 5.70. The number of carbonyl (C=O) groups is 2. The van der Waals surface area contributed by atoms with Crippen LogP contribution in [0.3, 0.4) is 0 Å². The highest BCUT2D eigenvalue weighted by Crippen LogP contribution is 2.39. The van der Waals surface area contributed by atoms with Crippen LogP contribution in [0.5, 0.6) is 11.5 Å². The number of sulfone groups is 1. The van der Waals surface area contributed by atoms with E-state index in [0.29, 0.717) is 45.7 Å². The van der Waals surface area contributed by atoms with Crippen LogP contribution in [0.1, 0.15) is 44.5 Å². The highest BCUT2D eigenvalue weighted by Gasteiger charge is 2.32. The maximum absolute atomic E-state index is 12.9. The van der Waals surface area contributed by atoms with Crippen LogP contribution in [-0.2, 0) is 26.7 Å². The normalized spacial score (nSPS) is 16.8. The monoisotopic (exact) mass is 451 g/mol. The van der Waals surface area contributed by atoms with Gasteiger partial charge in [0.25, 0.3) is 5.91 Å². The first-order valence-corrected chi connectivity index (χ1v) is 12.2. The molecule has 0 saturated carbocycles. The molecule has 30 heavy (non-hydrogen) atoms. The number of fused-ring (bicyclic) bond motifs is 2. The molecule has 0 fully saturated rings. The van der Waals surface area contributed by atoms with Crippen LogP contribution in [-0.4, -0.2) is 45.9 Å². The Hall–Kier alpha value is -2.59. The fraction of sp³-hybridized carbons (Fsp3) is 0.400. The number of ether oxygens (including phenoxy) is 3. The van der Waals surface area contributed by atoms with Gasteiger partial charge >= 0.3 is 5.97 Å². The summed E-state index contributed by atoms with van der Waals surface area (Å²) in [5.74, 6) is -0.103. The van der Waals surface area contributed by atoms with E-state index >= 15 is 0 Å². The van der Waals surface area contributed by atoms with Gasteiger partial charge in [0.1, 0.15) is 5.00 Å². The van der Waals surface area contributed by atoms with Gasteiger partial charge < -0.3 is 19.5 Å². The lowest BCUT2D eigenvalue weighted by Gasteiger charge is -2.13. The van der Waals surface area contributed by atoms with Crippen molar-refractivity contribution in [2.24, 2.45) is 0 Å². The van der Waals surface area contributed by atoms with E-state index in [2.05, 4.69) is 5.32 Å². The van der Waals surface area contributed by atoms with Gasteiger partial charge in [0.15, 0.2) is 21.3 Å². The molecular weight excluding hydrogens is 430 g/mol. The summed E-state index contributed by atoms with van der Waals surface area (Å²) in [6, 6.07) is 4.89. The third-order valence-corrected chi connectivity index (χ3v) is 7.71. The lowest BCUT2D eigenvalue weighted by Crippen LogP contribution is -2.20. The molecule has 0 spiro atoms. The minimum atomic E-state index is -3.22. The molecule has 0 bridgehead atoms. The molecular formula is C20H21NO7S2. The summed E-state index contributed by atoms with van der Waals surface area (Å²) < 4.78 is 40.4. The minimum Gasteiger partial charge on any atom is -0.490 e. The molecule has 2 aromatic rings. The van der Waals surface area contributed by atoms with Crippen LogP contribution < -0.4 is 14.8 Å². The van der Waals surface area contributed by atoms with Crippen molar-refractivity contribution in [2.45, 2.75) is 25.5 Å². The zero-order valence-corrected chi connectivity index (χ0v) is 18.0. The second-order valence-corrected chi connectivity index (χ2v) is 10.2. The molecule has 2 aliphatic heterocycles. The van der Waals surface area contributed by atoms with Crippen molar-refractivity contribution in [3.05, 3.63) is 39.8 Å².